The van der Waals surface area contributed by atoms with Gasteiger partial charge in [-0.2, -0.15) is 5.10 Å². The molecule has 8 heteroatoms. The lowest BCUT2D eigenvalue weighted by Gasteiger charge is -2.21. The van der Waals surface area contributed by atoms with Gasteiger partial charge in [-0.1, -0.05) is 43.1 Å². The van der Waals surface area contributed by atoms with Gasteiger partial charge in [0.25, 0.3) is 5.91 Å². The average molecular weight is 380 g/mol. The number of aromatic amines is 1. The van der Waals surface area contributed by atoms with Gasteiger partial charge in [-0.15, -0.1) is 0 Å². The minimum atomic E-state index is -1.77. The lowest BCUT2D eigenvalue weighted by Crippen LogP contribution is -2.48. The maximum Gasteiger partial charge on any atom is 0.334 e. The molecule has 26 heavy (non-hydrogen) atoms. The molecule has 1 aromatic heterocycles. The number of hydrogen-bond acceptors (Lipinski definition) is 4. The molecule has 0 unspecified atom stereocenters. The average Bonchev–Trinajstić information content (AvgIpc) is 3.09. The number of aromatic nitrogens is 2. The molecule has 1 amide bonds. The van der Waals surface area contributed by atoms with Crippen LogP contribution in [0.1, 0.15) is 41.5 Å². The van der Waals surface area contributed by atoms with Crippen LogP contribution in [0.2, 0.25) is 5.02 Å². The zero-order chi connectivity index (χ0) is 19.1. The van der Waals surface area contributed by atoms with Gasteiger partial charge in [0.1, 0.15) is 5.69 Å². The summed E-state index contributed by atoms with van der Waals surface area (Å²) in [5, 5.41) is 28.8. The number of carbonyl (C=O) groups is 2. The van der Waals surface area contributed by atoms with E-state index in [1.807, 2.05) is 0 Å². The summed E-state index contributed by atoms with van der Waals surface area (Å²) in [6.07, 6.45) is 1.03. The van der Waals surface area contributed by atoms with Gasteiger partial charge >= 0.3 is 5.97 Å². The van der Waals surface area contributed by atoms with Crippen LogP contribution in [0.5, 0.6) is 0 Å². The van der Waals surface area contributed by atoms with E-state index >= 15 is 0 Å². The van der Waals surface area contributed by atoms with Crippen LogP contribution in [0.15, 0.2) is 30.3 Å². The summed E-state index contributed by atoms with van der Waals surface area (Å²) in [5.74, 6) is -1.95. The molecular weight excluding hydrogens is 358 g/mol. The number of aliphatic carboxylic acids is 1. The largest absolute Gasteiger partial charge is 0.479 e. The van der Waals surface area contributed by atoms with Gasteiger partial charge in [0.15, 0.2) is 6.10 Å². The van der Waals surface area contributed by atoms with Crippen LogP contribution < -0.4 is 5.32 Å². The molecule has 2 rings (SSSR count). The van der Waals surface area contributed by atoms with Crippen LogP contribution in [0.25, 0.3) is 0 Å². The quantitative estimate of drug-likeness (QED) is 0.533. The van der Waals surface area contributed by atoms with Gasteiger partial charge < -0.3 is 15.5 Å². The van der Waals surface area contributed by atoms with E-state index in [0.717, 1.165) is 25.0 Å². The molecule has 0 saturated carbocycles. The number of carboxylic acids is 1. The normalized spacial score (nSPS) is 13.2. The third-order valence-electron chi connectivity index (χ3n) is 4.01. The Morgan fingerprint density at radius 1 is 1.35 bits per heavy atom. The highest BCUT2D eigenvalue weighted by atomic mass is 35.5. The van der Waals surface area contributed by atoms with Crippen LogP contribution in [0.4, 0.5) is 0 Å². The first-order valence-corrected chi connectivity index (χ1v) is 8.79. The lowest BCUT2D eigenvalue weighted by atomic mass is 10.0. The number of nitrogens with one attached hydrogen (secondary N) is 2. The van der Waals surface area contributed by atoms with Crippen LogP contribution in [0, 0.1) is 0 Å². The van der Waals surface area contributed by atoms with E-state index in [1.165, 1.54) is 0 Å². The molecule has 4 N–H and O–H groups in total. The standard InChI is InChI=1S/C18H22ClN3O4/c1-2-3-7-12-10-15(22-21-12)17(24)20-14(16(23)18(25)26)9-11-6-4-5-8-13(11)19/h4-6,8,10,14,16,23H,2-3,7,9H2,1H3,(H,20,24)(H,21,22)(H,25,26)/t14-,16-/m1/s1. The second-order valence-electron chi connectivity index (χ2n) is 6.04. The monoisotopic (exact) mass is 379 g/mol. The summed E-state index contributed by atoms with van der Waals surface area (Å²) in [7, 11) is 0. The third-order valence-corrected chi connectivity index (χ3v) is 4.38. The molecule has 7 nitrogen and oxygen atoms in total. The molecule has 0 spiro atoms. The summed E-state index contributed by atoms with van der Waals surface area (Å²) < 4.78 is 0. The van der Waals surface area contributed by atoms with Crippen LogP contribution >= 0.6 is 11.6 Å². The van der Waals surface area contributed by atoms with Crippen molar-refractivity contribution in [1.29, 1.82) is 0 Å². The highest BCUT2D eigenvalue weighted by Crippen LogP contribution is 2.18. The van der Waals surface area contributed by atoms with E-state index in [0.29, 0.717) is 10.6 Å². The zero-order valence-corrected chi connectivity index (χ0v) is 15.2. The van der Waals surface area contributed by atoms with Gasteiger partial charge in [0.05, 0.1) is 11.7 Å². The number of hydrogen-bond donors (Lipinski definition) is 4. The van der Waals surface area contributed by atoms with Gasteiger partial charge in [-0.3, -0.25) is 9.89 Å². The Labute approximate surface area is 156 Å². The number of aliphatic hydroxyl groups excluding tert-OH is 1. The van der Waals surface area contributed by atoms with E-state index in [2.05, 4.69) is 22.4 Å². The zero-order valence-electron chi connectivity index (χ0n) is 14.4. The fraction of sp³-hybridized carbons (Fsp3) is 0.389. The minimum Gasteiger partial charge on any atom is -0.479 e. The van der Waals surface area contributed by atoms with Crippen LogP contribution in [0.3, 0.4) is 0 Å². The van der Waals surface area contributed by atoms with Crippen LogP contribution in [-0.2, 0) is 17.6 Å². The number of halogens is 1. The van der Waals surface area contributed by atoms with Crippen molar-refractivity contribution in [1.82, 2.24) is 15.5 Å². The Hall–Kier alpha value is -2.38. The third kappa shape index (κ3) is 5.31. The summed E-state index contributed by atoms with van der Waals surface area (Å²) in [4.78, 5) is 23.6. The van der Waals surface area contributed by atoms with E-state index in [9.17, 15) is 14.7 Å². The molecule has 2 atom stereocenters. The van der Waals surface area contributed by atoms with E-state index in [4.69, 9.17) is 16.7 Å². The Balaban J connectivity index is 2.13. The SMILES string of the molecule is CCCCc1cc(C(=O)N[C@H](Cc2ccccc2Cl)[C@@H](O)C(=O)O)[nH]n1. The number of aryl methyl sites for hydroxylation is 1. The number of nitrogens with zero attached hydrogens (tertiary/aromatic N) is 1. The second kappa shape index (κ2) is 9.35. The number of amides is 1. The molecule has 0 radical (unpaired) electrons. The molecule has 0 fully saturated rings. The van der Waals surface area contributed by atoms with Crippen molar-refractivity contribution in [2.45, 2.75) is 44.8 Å². The molecule has 140 valence electrons. The Morgan fingerprint density at radius 2 is 2.08 bits per heavy atom. The van der Waals surface area contributed by atoms with Crippen molar-refractivity contribution in [3.05, 3.63) is 52.3 Å². The molecule has 0 aliphatic rings. The number of carboxylic acid groups (broad SMARTS) is 1. The summed E-state index contributed by atoms with van der Waals surface area (Å²) in [6.45, 7) is 2.06. The molecule has 0 aliphatic carbocycles. The molecule has 1 heterocycles. The highest BCUT2D eigenvalue weighted by Gasteiger charge is 2.29. The molecule has 0 saturated heterocycles. The summed E-state index contributed by atoms with van der Waals surface area (Å²) >= 11 is 6.10. The molecule has 0 aliphatic heterocycles. The Bertz CT molecular complexity index is 762. The van der Waals surface area contributed by atoms with Crippen molar-refractivity contribution < 1.29 is 19.8 Å². The van der Waals surface area contributed by atoms with E-state index in [-0.39, 0.29) is 12.1 Å². The van der Waals surface area contributed by atoms with Crippen molar-refractivity contribution in [3.8, 4) is 0 Å². The molecule has 2 aromatic rings. The van der Waals surface area contributed by atoms with Crippen molar-refractivity contribution >= 4 is 23.5 Å². The maximum absolute atomic E-state index is 12.4. The van der Waals surface area contributed by atoms with Gasteiger partial charge in [0.2, 0.25) is 0 Å². The van der Waals surface area contributed by atoms with Crippen molar-refractivity contribution in [2.24, 2.45) is 0 Å². The van der Waals surface area contributed by atoms with Gasteiger partial charge in [-0.05, 0) is 37.0 Å². The fourth-order valence-electron chi connectivity index (χ4n) is 2.53. The smallest absolute Gasteiger partial charge is 0.334 e. The number of unbranched alkanes of at least 4 members (excludes halogenated alkanes) is 1. The predicted molar refractivity (Wildman–Crippen MR) is 97.3 cm³/mol. The first-order valence-electron chi connectivity index (χ1n) is 8.41. The van der Waals surface area contributed by atoms with Crippen molar-refractivity contribution in [2.75, 3.05) is 0 Å². The Morgan fingerprint density at radius 3 is 2.73 bits per heavy atom. The number of H-pyrrole nitrogens is 1. The first kappa shape index (κ1) is 19.9. The summed E-state index contributed by atoms with van der Waals surface area (Å²) in [5.41, 5.74) is 1.62. The van der Waals surface area contributed by atoms with Gasteiger partial charge in [0, 0.05) is 5.02 Å². The van der Waals surface area contributed by atoms with E-state index < -0.39 is 24.0 Å². The number of benzene rings is 1. The predicted octanol–water partition coefficient (Wildman–Crippen LogP) is 2.19. The minimum absolute atomic E-state index is 0.0791. The summed E-state index contributed by atoms with van der Waals surface area (Å²) in [6, 6.07) is 7.47. The number of rotatable bonds is 9. The lowest BCUT2D eigenvalue weighted by molar-refractivity contribution is -0.148. The molecule has 1 aromatic carbocycles. The Kier molecular flexibility index (Phi) is 7.17. The number of carbonyl (C=O) groups excluding carboxylic acids is 1. The topological polar surface area (TPSA) is 115 Å². The fourth-order valence-corrected chi connectivity index (χ4v) is 2.74. The highest BCUT2D eigenvalue weighted by molar-refractivity contribution is 6.31. The second-order valence-corrected chi connectivity index (χ2v) is 6.44. The maximum atomic E-state index is 12.4. The molecule has 0 bridgehead atoms. The number of aliphatic hydroxyl groups is 1. The van der Waals surface area contributed by atoms with E-state index in [1.54, 1.807) is 30.3 Å². The van der Waals surface area contributed by atoms with Crippen molar-refractivity contribution in [3.63, 3.8) is 0 Å². The molecular formula is C18H22ClN3O4. The first-order chi connectivity index (χ1) is 12.4. The van der Waals surface area contributed by atoms with Crippen LogP contribution in [-0.4, -0.2) is 44.4 Å². The van der Waals surface area contributed by atoms with Gasteiger partial charge in [-0.25, -0.2) is 4.79 Å².